The number of halogens is 2. The van der Waals surface area contributed by atoms with E-state index in [0.29, 0.717) is 30.1 Å². The Hall–Kier alpha value is -2.88. The van der Waals surface area contributed by atoms with Crippen molar-refractivity contribution in [2.45, 2.75) is 32.0 Å². The second kappa shape index (κ2) is 11.3. The third-order valence-electron chi connectivity index (χ3n) is 5.00. The van der Waals surface area contributed by atoms with Crippen molar-refractivity contribution in [1.82, 2.24) is 20.5 Å². The summed E-state index contributed by atoms with van der Waals surface area (Å²) in [4.78, 5) is 41.5. The third kappa shape index (κ3) is 7.05. The zero-order chi connectivity index (χ0) is 24.0. The summed E-state index contributed by atoms with van der Waals surface area (Å²) in [7, 11) is 0. The van der Waals surface area contributed by atoms with Crippen LogP contribution in [-0.4, -0.2) is 64.6 Å². The topological polar surface area (TPSA) is 121 Å². The maximum Gasteiger partial charge on any atom is 0.317 e. The number of likely N-dealkylation sites (tertiary alicyclic amines) is 1. The first-order valence-corrected chi connectivity index (χ1v) is 11.1. The average Bonchev–Trinajstić information content (AvgIpc) is 2.75. The van der Waals surface area contributed by atoms with E-state index in [2.05, 4.69) is 15.6 Å². The predicted molar refractivity (Wildman–Crippen MR) is 123 cm³/mol. The Morgan fingerprint density at radius 1 is 1.27 bits per heavy atom. The lowest BCUT2D eigenvalue weighted by Gasteiger charge is -2.38. The molecular formula is C22H24Cl2N4O5. The van der Waals surface area contributed by atoms with Gasteiger partial charge in [-0.25, -0.2) is 4.98 Å². The van der Waals surface area contributed by atoms with Crippen LogP contribution in [0.3, 0.4) is 0 Å². The number of pyridine rings is 1. The molecule has 33 heavy (non-hydrogen) atoms. The normalized spacial score (nSPS) is 14.8. The molecule has 3 rings (SSSR count). The molecule has 2 amide bonds. The van der Waals surface area contributed by atoms with Crippen LogP contribution in [0, 0.1) is 0 Å². The van der Waals surface area contributed by atoms with Crippen LogP contribution in [0.2, 0.25) is 10.0 Å². The van der Waals surface area contributed by atoms with E-state index < -0.39 is 12.1 Å². The molecule has 1 atom stereocenters. The van der Waals surface area contributed by atoms with Crippen LogP contribution in [0.15, 0.2) is 36.5 Å². The van der Waals surface area contributed by atoms with Gasteiger partial charge in [0.15, 0.2) is 6.10 Å². The minimum atomic E-state index is -0.891. The number of rotatable bonds is 10. The second-order valence-corrected chi connectivity index (χ2v) is 8.48. The molecule has 2 aromatic rings. The second-order valence-electron chi connectivity index (χ2n) is 7.63. The average molecular weight is 495 g/mol. The molecule has 1 saturated heterocycles. The first kappa shape index (κ1) is 24.8. The highest BCUT2D eigenvalue weighted by Gasteiger charge is 2.29. The van der Waals surface area contributed by atoms with Gasteiger partial charge in [-0.2, -0.15) is 0 Å². The van der Waals surface area contributed by atoms with Crippen LogP contribution < -0.4 is 15.4 Å². The monoisotopic (exact) mass is 494 g/mol. The largest absolute Gasteiger partial charge is 0.480 e. The summed E-state index contributed by atoms with van der Waals surface area (Å²) in [5, 5.41) is 15.0. The third-order valence-corrected chi connectivity index (χ3v) is 5.48. The molecule has 0 spiro atoms. The van der Waals surface area contributed by atoms with Crippen LogP contribution in [0.4, 0.5) is 0 Å². The fraction of sp³-hybridized carbons (Fsp3) is 0.364. The number of carboxylic acids is 1. The van der Waals surface area contributed by atoms with Gasteiger partial charge in [-0.15, -0.1) is 0 Å². The van der Waals surface area contributed by atoms with Crippen LogP contribution in [0.1, 0.15) is 29.3 Å². The Morgan fingerprint density at radius 3 is 2.70 bits per heavy atom. The molecule has 11 heteroatoms. The lowest BCUT2D eigenvalue weighted by Crippen LogP contribution is -2.60. The highest BCUT2D eigenvalue weighted by molar-refractivity contribution is 6.35. The first-order chi connectivity index (χ1) is 15.7. The molecule has 0 unspecified atom stereocenters. The van der Waals surface area contributed by atoms with Crippen molar-refractivity contribution in [3.63, 3.8) is 0 Å². The fourth-order valence-corrected chi connectivity index (χ4v) is 3.75. The van der Waals surface area contributed by atoms with Crippen LogP contribution >= 0.6 is 23.2 Å². The first-order valence-electron chi connectivity index (χ1n) is 10.3. The quantitative estimate of drug-likeness (QED) is 0.463. The van der Waals surface area contributed by atoms with Crippen molar-refractivity contribution in [2.75, 3.05) is 19.6 Å². The fourth-order valence-electron chi connectivity index (χ4n) is 3.32. The Balaban J connectivity index is 1.51. The van der Waals surface area contributed by atoms with Crippen LogP contribution in [-0.2, 0) is 16.1 Å². The summed E-state index contributed by atoms with van der Waals surface area (Å²) in [5.74, 6) is -1.35. The summed E-state index contributed by atoms with van der Waals surface area (Å²) >= 11 is 11.9. The van der Waals surface area contributed by atoms with E-state index >= 15 is 0 Å². The van der Waals surface area contributed by atoms with Gasteiger partial charge in [0.1, 0.15) is 5.02 Å². The van der Waals surface area contributed by atoms with Crippen molar-refractivity contribution >= 4 is 41.0 Å². The number of carbonyl (C=O) groups is 3. The molecule has 1 aromatic heterocycles. The maximum absolute atomic E-state index is 12.6. The van der Waals surface area contributed by atoms with Crippen molar-refractivity contribution in [3.8, 4) is 5.88 Å². The van der Waals surface area contributed by atoms with Gasteiger partial charge in [0.25, 0.3) is 11.8 Å². The van der Waals surface area contributed by atoms with E-state index in [0.717, 1.165) is 5.56 Å². The van der Waals surface area contributed by atoms with E-state index in [1.807, 2.05) is 0 Å². The van der Waals surface area contributed by atoms with Gasteiger partial charge in [0, 0.05) is 31.4 Å². The van der Waals surface area contributed by atoms with E-state index in [4.69, 9.17) is 33.0 Å². The van der Waals surface area contributed by atoms with Crippen molar-refractivity contribution in [1.29, 1.82) is 0 Å². The summed E-state index contributed by atoms with van der Waals surface area (Å²) in [5.41, 5.74) is 1.20. The van der Waals surface area contributed by atoms with Gasteiger partial charge in [-0.1, -0.05) is 42.3 Å². The number of carboxylic acid groups (broad SMARTS) is 1. The van der Waals surface area contributed by atoms with Gasteiger partial charge in [0.2, 0.25) is 5.88 Å². The molecule has 0 bridgehead atoms. The smallest absolute Gasteiger partial charge is 0.317 e. The number of carbonyl (C=O) groups excluding carboxylic acids is 2. The standard InChI is InChI=1S/C22H24Cl2N4O5/c1-2-18(33-22-17(24)7-15(23)9-26-22)21(32)25-8-13-4-3-5-14(6-13)20(31)27-16-10-28(11-16)12-19(29)30/h3-7,9,16,18H,2,8,10-12H2,1H3,(H,25,32)(H,27,31)(H,29,30)/t18-/m1/s1. The Kier molecular flexibility index (Phi) is 8.49. The van der Waals surface area contributed by atoms with Crippen molar-refractivity contribution in [3.05, 3.63) is 57.7 Å². The number of hydrogen-bond acceptors (Lipinski definition) is 6. The highest BCUT2D eigenvalue weighted by atomic mass is 35.5. The molecule has 1 aliphatic heterocycles. The molecule has 0 saturated carbocycles. The molecular weight excluding hydrogens is 471 g/mol. The highest BCUT2D eigenvalue weighted by Crippen LogP contribution is 2.25. The zero-order valence-electron chi connectivity index (χ0n) is 17.9. The number of aromatic nitrogens is 1. The van der Waals surface area contributed by atoms with E-state index in [9.17, 15) is 14.4 Å². The molecule has 9 nitrogen and oxygen atoms in total. The SMILES string of the molecule is CC[C@@H](Oc1ncc(Cl)cc1Cl)C(=O)NCc1cccc(C(=O)NC2CN(CC(=O)O)C2)c1. The van der Waals surface area contributed by atoms with E-state index in [-0.39, 0.29) is 41.8 Å². The number of nitrogens with one attached hydrogen (secondary N) is 2. The van der Waals surface area contributed by atoms with Crippen molar-refractivity contribution < 1.29 is 24.2 Å². The molecule has 1 fully saturated rings. The molecule has 1 aromatic carbocycles. The Bertz CT molecular complexity index is 1030. The maximum atomic E-state index is 12.6. The van der Waals surface area contributed by atoms with E-state index in [1.165, 1.54) is 12.3 Å². The van der Waals surface area contributed by atoms with Gasteiger partial charge >= 0.3 is 5.97 Å². The number of ether oxygens (including phenoxy) is 1. The van der Waals surface area contributed by atoms with E-state index in [1.54, 1.807) is 36.1 Å². The minimum Gasteiger partial charge on any atom is -0.480 e. The van der Waals surface area contributed by atoms with Gasteiger partial charge in [-0.3, -0.25) is 19.3 Å². The summed E-state index contributed by atoms with van der Waals surface area (Å²) in [6, 6.07) is 8.31. The van der Waals surface area contributed by atoms with Crippen LogP contribution in [0.25, 0.3) is 0 Å². The number of nitrogens with zero attached hydrogens (tertiary/aromatic N) is 2. The lowest BCUT2D eigenvalue weighted by molar-refractivity contribution is -0.139. The van der Waals surface area contributed by atoms with Gasteiger partial charge in [0.05, 0.1) is 17.6 Å². The van der Waals surface area contributed by atoms with Gasteiger partial charge in [-0.05, 0) is 30.2 Å². The molecule has 3 N–H and O–H groups in total. The molecule has 2 heterocycles. The Morgan fingerprint density at radius 2 is 2.03 bits per heavy atom. The minimum absolute atomic E-state index is 0.0374. The Labute approximate surface area is 201 Å². The lowest BCUT2D eigenvalue weighted by atomic mass is 10.1. The molecule has 0 radical (unpaired) electrons. The summed E-state index contributed by atoms with van der Waals surface area (Å²) < 4.78 is 5.64. The van der Waals surface area contributed by atoms with Crippen molar-refractivity contribution in [2.24, 2.45) is 0 Å². The summed E-state index contributed by atoms with van der Waals surface area (Å²) in [6.07, 6.45) is 0.988. The zero-order valence-corrected chi connectivity index (χ0v) is 19.4. The number of aliphatic carboxylic acids is 1. The predicted octanol–water partition coefficient (Wildman–Crippen LogP) is 2.36. The molecule has 1 aliphatic rings. The number of benzene rings is 1. The number of hydrogen-bond donors (Lipinski definition) is 3. The van der Waals surface area contributed by atoms with Gasteiger partial charge < -0.3 is 20.5 Å². The molecule has 176 valence electrons. The molecule has 0 aliphatic carbocycles. The van der Waals surface area contributed by atoms with Crippen LogP contribution in [0.5, 0.6) is 5.88 Å². The number of amides is 2. The summed E-state index contributed by atoms with van der Waals surface area (Å²) in [6.45, 7) is 2.97.